The maximum absolute atomic E-state index is 15.0. The normalized spacial score (nSPS) is 15.6. The van der Waals surface area contributed by atoms with Crippen LogP contribution in [0.3, 0.4) is 0 Å². The maximum atomic E-state index is 15.0. The van der Waals surface area contributed by atoms with Gasteiger partial charge < -0.3 is 129 Å². The summed E-state index contributed by atoms with van der Waals surface area (Å²) in [5.41, 5.74) is 40.8. The Kier molecular flexibility index (Phi) is 36.5. The van der Waals surface area contributed by atoms with E-state index >= 15 is 4.79 Å². The van der Waals surface area contributed by atoms with Crippen LogP contribution >= 0.6 is 0 Å². The van der Waals surface area contributed by atoms with Crippen LogP contribution in [0.1, 0.15) is 108 Å². The number of para-hydroxylation sites is 1. The average molecular weight is 1530 g/mol. The van der Waals surface area contributed by atoms with Crippen LogP contribution in [0, 0.1) is 5.92 Å². The number of rotatable bonds is 47. The number of carbonyl (C=O) groups is 13. The van der Waals surface area contributed by atoms with Crippen LogP contribution in [0.4, 0.5) is 4.79 Å². The standard InChI is InChI=1S/C69H106N24O16/c1-37(2)54(92-60(101)48(29-39-15-5-4-6-16-39)87-61(102)51(34-94)90-56(97)43(71)18-9-10-24-70)64(105)89-49(30-40-32-81-44-19-8-7-17-42(40)44)59(100)84-45(20-11-27-80-69(76)109)57(98)91-52(35-95)62(103)88-50(31-41-33-77-36-82-41)58(99)83-38(3)55(96)85-46(21-12-25-78-67(72)73)65(106)93-28-14-23-53(93)63(104)86-47(66(107)108)22-13-26-79-68(74)75/h4-8,15-17,19,32-33,36-38,43,45-54,81,94-95H,9-14,18,20-31,34-35,70-71H2,1-3H3,(H,77,82)(H,83,99)(H,84,100)(H,85,96)(H,86,104)(H,87,102)(H,88,103)(H,89,105)(H,90,97)(H,91,98)(H,92,101)(H,107,108)(H4,72,73,78)(H4,74,75,79)(H3,76,80,109)/t38-,43-,45-,46-,47-,48-,49-,50-,51-,52-,53-,54-/m0/s1. The van der Waals surface area contributed by atoms with Crippen molar-refractivity contribution in [3.05, 3.63) is 90.1 Å². The molecule has 0 unspecified atom stereocenters. The summed E-state index contributed by atoms with van der Waals surface area (Å²) < 4.78 is 0. The number of aliphatic carboxylic acids is 1. The fraction of sp³-hybridized carbons (Fsp3) is 0.536. The smallest absolute Gasteiger partial charge is 0.326 e. The van der Waals surface area contributed by atoms with Crippen molar-refractivity contribution in [3.8, 4) is 0 Å². The highest BCUT2D eigenvalue weighted by Gasteiger charge is 2.41. The Hall–Kier alpha value is -11.5. The summed E-state index contributed by atoms with van der Waals surface area (Å²) in [4.78, 5) is 200. The third-order valence-corrected chi connectivity index (χ3v) is 17.8. The first-order valence-electron chi connectivity index (χ1n) is 35.9. The van der Waals surface area contributed by atoms with Crippen LogP contribution in [0.15, 0.2) is 83.3 Å². The van der Waals surface area contributed by atoms with Crippen molar-refractivity contribution in [2.45, 2.75) is 183 Å². The number of aromatic amines is 2. The number of aliphatic imine (C=N–C) groups is 2. The van der Waals surface area contributed by atoms with Gasteiger partial charge in [-0.05, 0) is 101 Å². The molecule has 0 spiro atoms. The van der Waals surface area contributed by atoms with E-state index < -0.39 is 169 Å². The number of unbranched alkanes of at least 4 members (excludes halogenated alkanes) is 1. The van der Waals surface area contributed by atoms with E-state index in [2.05, 4.69) is 83.4 Å². The molecule has 0 saturated carbocycles. The second-order valence-corrected chi connectivity index (χ2v) is 26.6. The molecule has 1 aliphatic rings. The summed E-state index contributed by atoms with van der Waals surface area (Å²) in [7, 11) is 0. The summed E-state index contributed by atoms with van der Waals surface area (Å²) in [5.74, 6) is -12.6. The van der Waals surface area contributed by atoms with Crippen LogP contribution in [-0.2, 0) is 76.8 Å². The highest BCUT2D eigenvalue weighted by Crippen LogP contribution is 2.23. The van der Waals surface area contributed by atoms with Gasteiger partial charge in [0.1, 0.15) is 66.5 Å². The molecule has 40 heteroatoms. The average Bonchev–Trinajstić information content (AvgIpc) is 1.74. The van der Waals surface area contributed by atoms with Crippen molar-refractivity contribution in [2.24, 2.45) is 56.0 Å². The zero-order valence-electron chi connectivity index (χ0n) is 61.3. The number of aliphatic hydroxyl groups excluding tert-OH is 2. The van der Waals surface area contributed by atoms with Gasteiger partial charge >= 0.3 is 12.0 Å². The number of fused-ring (bicyclic) bond motifs is 1. The molecule has 13 amide bonds. The van der Waals surface area contributed by atoms with E-state index in [1.54, 1.807) is 74.6 Å². The summed E-state index contributed by atoms with van der Waals surface area (Å²) in [6.45, 7) is 2.88. The van der Waals surface area contributed by atoms with Gasteiger partial charge in [0.25, 0.3) is 0 Å². The second-order valence-electron chi connectivity index (χ2n) is 26.6. The van der Waals surface area contributed by atoms with Crippen LogP contribution < -0.4 is 98.6 Å². The van der Waals surface area contributed by atoms with Gasteiger partial charge in [-0.1, -0.05) is 68.8 Å². The third kappa shape index (κ3) is 29.3. The van der Waals surface area contributed by atoms with E-state index in [9.17, 15) is 72.9 Å². The molecule has 3 heterocycles. The Labute approximate surface area is 628 Å². The van der Waals surface area contributed by atoms with E-state index in [4.69, 9.17) is 40.1 Å². The number of nitrogens with two attached hydrogens (primary N) is 7. The lowest BCUT2D eigenvalue weighted by Crippen LogP contribution is -2.62. The van der Waals surface area contributed by atoms with Crippen LogP contribution in [0.25, 0.3) is 10.9 Å². The molecule has 1 saturated heterocycles. The van der Waals surface area contributed by atoms with Gasteiger partial charge in [0, 0.05) is 74.4 Å². The second kappa shape index (κ2) is 45.2. The number of likely N-dealkylation sites (tertiary alicyclic amines) is 1. The zero-order valence-corrected chi connectivity index (χ0v) is 61.3. The number of aliphatic hydroxyl groups is 2. The number of amides is 13. The molecule has 1 fully saturated rings. The lowest BCUT2D eigenvalue weighted by Gasteiger charge is -2.30. The Morgan fingerprint density at radius 3 is 1.69 bits per heavy atom. The van der Waals surface area contributed by atoms with Gasteiger partial charge in [0.15, 0.2) is 11.9 Å². The van der Waals surface area contributed by atoms with Gasteiger partial charge in [-0.2, -0.15) is 0 Å². The van der Waals surface area contributed by atoms with Crippen molar-refractivity contribution in [3.63, 3.8) is 0 Å². The Morgan fingerprint density at radius 1 is 0.560 bits per heavy atom. The highest BCUT2D eigenvalue weighted by molar-refractivity contribution is 6.00. The van der Waals surface area contributed by atoms with Gasteiger partial charge in [0.05, 0.1) is 25.6 Å². The molecule has 40 nitrogen and oxygen atoms in total. The van der Waals surface area contributed by atoms with E-state index in [-0.39, 0.29) is 114 Å². The Balaban J connectivity index is 1.37. The van der Waals surface area contributed by atoms with Gasteiger partial charge in [-0.3, -0.25) is 62.7 Å². The molecule has 0 aliphatic carbocycles. The number of urea groups is 1. The predicted octanol–water partition coefficient (Wildman–Crippen LogP) is -6.48. The Morgan fingerprint density at radius 2 is 1.09 bits per heavy atom. The summed E-state index contributed by atoms with van der Waals surface area (Å²) in [5, 5.41) is 59.6. The molecule has 2 aromatic carbocycles. The van der Waals surface area contributed by atoms with Gasteiger partial charge in [-0.25, -0.2) is 14.6 Å². The van der Waals surface area contributed by atoms with E-state index in [1.807, 2.05) is 0 Å². The third-order valence-electron chi connectivity index (χ3n) is 17.8. The fourth-order valence-corrected chi connectivity index (χ4v) is 11.8. The summed E-state index contributed by atoms with van der Waals surface area (Å²) >= 11 is 0. The summed E-state index contributed by atoms with van der Waals surface area (Å²) in [6, 6.07) is -2.87. The fourth-order valence-electron chi connectivity index (χ4n) is 11.8. The van der Waals surface area contributed by atoms with E-state index in [1.165, 1.54) is 24.3 Å². The van der Waals surface area contributed by atoms with Crippen LogP contribution in [-0.4, -0.2) is 243 Å². The number of primary amides is 1. The molecule has 598 valence electrons. The molecular formula is C69H106N24O16. The molecule has 12 atom stereocenters. The van der Waals surface area contributed by atoms with E-state index in [0.717, 1.165) is 0 Å². The largest absolute Gasteiger partial charge is 0.480 e. The number of nitrogens with one attached hydrogen (secondary N) is 13. The molecule has 0 bridgehead atoms. The zero-order chi connectivity index (χ0) is 80.3. The van der Waals surface area contributed by atoms with Crippen molar-refractivity contribution < 1.29 is 77.6 Å². The van der Waals surface area contributed by atoms with Crippen molar-refractivity contribution >= 4 is 99.8 Å². The monoisotopic (exact) mass is 1530 g/mol. The highest BCUT2D eigenvalue weighted by atomic mass is 16.4. The number of carboxylic acids is 1. The SMILES string of the molecule is CC(C)[C@H](NC(=O)[C@H](Cc1ccccc1)NC(=O)[C@H](CO)NC(=O)[C@@H](N)CCCCN)C(=O)N[C@@H](Cc1c[nH]c2ccccc12)C(=O)N[C@@H](CCCNC(N)=O)C(=O)N[C@@H](CO)C(=O)N[C@@H](Cc1cnc[nH]1)C(=O)N[C@@H](C)C(=O)N[C@@H](CCCN=C(N)N)C(=O)N1CCC[C@H]1C(=O)N[C@@H](CCCN=C(N)N)C(=O)O. The molecule has 0 radical (unpaired) electrons. The summed E-state index contributed by atoms with van der Waals surface area (Å²) in [6.07, 6.45) is 5.18. The molecular weight excluding hydrogens is 1420 g/mol. The quantitative estimate of drug-likeness (QED) is 0.0111. The lowest BCUT2D eigenvalue weighted by atomic mass is 9.99. The topological polar surface area (TPSA) is 670 Å². The minimum Gasteiger partial charge on any atom is -0.480 e. The number of guanidine groups is 2. The molecule has 30 N–H and O–H groups in total. The molecule has 2 aromatic heterocycles. The van der Waals surface area contributed by atoms with Gasteiger partial charge in [-0.15, -0.1) is 0 Å². The van der Waals surface area contributed by atoms with E-state index in [0.29, 0.717) is 47.8 Å². The number of hydrogen-bond acceptors (Lipinski definition) is 20. The number of carbonyl (C=O) groups excluding carboxylic acids is 12. The maximum Gasteiger partial charge on any atom is 0.326 e. The number of carboxylic acid groups (broad SMARTS) is 1. The van der Waals surface area contributed by atoms with Crippen molar-refractivity contribution in [2.75, 3.05) is 45.9 Å². The first-order chi connectivity index (χ1) is 51.9. The molecule has 109 heavy (non-hydrogen) atoms. The number of nitrogens with zero attached hydrogens (tertiary/aromatic N) is 4. The number of imidazole rings is 1. The van der Waals surface area contributed by atoms with Crippen LogP contribution in [0.5, 0.6) is 0 Å². The van der Waals surface area contributed by atoms with Crippen LogP contribution in [0.2, 0.25) is 0 Å². The first-order valence-corrected chi connectivity index (χ1v) is 35.9. The molecule has 5 rings (SSSR count). The number of aromatic nitrogens is 3. The minimum absolute atomic E-state index is 0.0147. The predicted molar refractivity (Wildman–Crippen MR) is 398 cm³/mol. The molecule has 1 aliphatic heterocycles. The number of hydrogen-bond donors (Lipinski definition) is 23. The molecule has 4 aromatic rings. The minimum atomic E-state index is -1.88. The number of H-pyrrole nitrogens is 2. The Bertz CT molecular complexity index is 3760. The lowest BCUT2D eigenvalue weighted by molar-refractivity contribution is -0.145. The van der Waals surface area contributed by atoms with Gasteiger partial charge in [0.2, 0.25) is 65.0 Å². The number of benzene rings is 2. The first kappa shape index (κ1) is 88.1. The van der Waals surface area contributed by atoms with Crippen molar-refractivity contribution in [1.82, 2.24) is 78.3 Å². The van der Waals surface area contributed by atoms with Crippen molar-refractivity contribution in [1.29, 1.82) is 0 Å².